The first-order chi connectivity index (χ1) is 13.7. The second-order valence-corrected chi connectivity index (χ2v) is 7.77. The summed E-state index contributed by atoms with van der Waals surface area (Å²) in [7, 11) is 0. The number of ether oxygens (including phenoxy) is 1. The molecule has 1 N–H and O–H groups in total. The Hall–Kier alpha value is -3.10. The van der Waals surface area contributed by atoms with Gasteiger partial charge in [-0.2, -0.15) is 5.26 Å². The van der Waals surface area contributed by atoms with Crippen molar-refractivity contribution in [3.05, 3.63) is 87.1 Å². The molecule has 0 radical (unpaired) electrons. The second-order valence-electron chi connectivity index (χ2n) is 6.79. The van der Waals surface area contributed by atoms with E-state index in [4.69, 9.17) is 10.00 Å². The summed E-state index contributed by atoms with van der Waals surface area (Å²) in [4.78, 5) is 13.7. The van der Waals surface area contributed by atoms with Gasteiger partial charge in [-0.15, -0.1) is 11.3 Å². The fourth-order valence-corrected chi connectivity index (χ4v) is 4.38. The number of para-hydroxylation sites is 1. The van der Waals surface area contributed by atoms with E-state index in [0.717, 1.165) is 23.3 Å². The fraction of sp³-hybridized carbons (Fsp3) is 0.217. The molecule has 1 aliphatic rings. The first kappa shape index (κ1) is 18.3. The summed E-state index contributed by atoms with van der Waals surface area (Å²) in [5.41, 5.74) is 4.31. The van der Waals surface area contributed by atoms with Crippen LogP contribution in [0.2, 0.25) is 0 Å². The van der Waals surface area contributed by atoms with Crippen LogP contribution in [0, 0.1) is 11.3 Å². The van der Waals surface area contributed by atoms with E-state index in [2.05, 4.69) is 29.6 Å². The van der Waals surface area contributed by atoms with Gasteiger partial charge in [-0.1, -0.05) is 36.4 Å². The van der Waals surface area contributed by atoms with Gasteiger partial charge in [-0.25, -0.2) is 0 Å². The largest absolute Gasteiger partial charge is 0.482 e. The number of aryl methyl sites for hydroxylation is 2. The number of nitriles is 1. The Labute approximate surface area is 168 Å². The molecule has 0 aliphatic heterocycles. The molecule has 1 aliphatic carbocycles. The van der Waals surface area contributed by atoms with Gasteiger partial charge in [0.25, 0.3) is 5.91 Å². The summed E-state index contributed by atoms with van der Waals surface area (Å²) in [6, 6.07) is 19.3. The summed E-state index contributed by atoms with van der Waals surface area (Å²) in [5, 5.41) is 14.3. The molecule has 3 aromatic rings. The lowest BCUT2D eigenvalue weighted by molar-refractivity contribution is -0.123. The third-order valence-electron chi connectivity index (χ3n) is 4.96. The van der Waals surface area contributed by atoms with E-state index in [9.17, 15) is 4.79 Å². The number of rotatable bonds is 6. The minimum absolute atomic E-state index is 0.133. The molecule has 0 bridgehead atoms. The molecule has 4 rings (SSSR count). The van der Waals surface area contributed by atoms with E-state index < -0.39 is 0 Å². The normalized spacial score (nSPS) is 13.4. The molecule has 1 aromatic heterocycles. The number of nitrogens with zero attached hydrogens (tertiary/aromatic N) is 1. The molecule has 1 unspecified atom stereocenters. The zero-order chi connectivity index (χ0) is 19.3. The van der Waals surface area contributed by atoms with Crippen molar-refractivity contribution in [2.45, 2.75) is 25.3 Å². The molecule has 28 heavy (non-hydrogen) atoms. The molecule has 1 heterocycles. The van der Waals surface area contributed by atoms with Crippen molar-refractivity contribution in [3.63, 3.8) is 0 Å². The number of hydrogen-bond acceptors (Lipinski definition) is 4. The minimum atomic E-state index is -0.216. The molecule has 2 aromatic carbocycles. The standard InChI is InChI=1S/C23H20N2O2S/c24-14-19-5-1-2-8-20(19)27-15-22(26)25-23(21-9-4-12-28-21)18-11-10-16-6-3-7-17(16)13-18/h1-2,4-5,8-13,23H,3,6-7,15H2,(H,25,26). The van der Waals surface area contributed by atoms with E-state index in [1.165, 1.54) is 17.5 Å². The Morgan fingerprint density at radius 2 is 2.00 bits per heavy atom. The smallest absolute Gasteiger partial charge is 0.258 e. The topological polar surface area (TPSA) is 62.1 Å². The Morgan fingerprint density at radius 3 is 2.82 bits per heavy atom. The second kappa shape index (κ2) is 8.28. The van der Waals surface area contributed by atoms with Gasteiger partial charge in [0.2, 0.25) is 0 Å². The molecule has 0 spiro atoms. The third-order valence-corrected chi connectivity index (χ3v) is 5.89. The molecular weight excluding hydrogens is 368 g/mol. The lowest BCUT2D eigenvalue weighted by Gasteiger charge is -2.19. The van der Waals surface area contributed by atoms with E-state index in [-0.39, 0.29) is 18.6 Å². The highest BCUT2D eigenvalue weighted by atomic mass is 32.1. The Balaban J connectivity index is 1.50. The SMILES string of the molecule is N#Cc1ccccc1OCC(=O)NC(c1ccc2c(c1)CCC2)c1cccs1. The van der Waals surface area contributed by atoms with Crippen LogP contribution in [0.1, 0.15) is 39.6 Å². The highest BCUT2D eigenvalue weighted by Gasteiger charge is 2.21. The molecule has 0 saturated heterocycles. The van der Waals surface area contributed by atoms with Crippen LogP contribution in [-0.4, -0.2) is 12.5 Å². The van der Waals surface area contributed by atoms with Gasteiger partial charge in [0.15, 0.2) is 6.61 Å². The molecule has 140 valence electrons. The first-order valence-electron chi connectivity index (χ1n) is 9.31. The van der Waals surface area contributed by atoms with Crippen LogP contribution < -0.4 is 10.1 Å². The lowest BCUT2D eigenvalue weighted by Crippen LogP contribution is -2.33. The zero-order valence-corrected chi connectivity index (χ0v) is 16.2. The van der Waals surface area contributed by atoms with Gasteiger partial charge in [0.05, 0.1) is 11.6 Å². The molecule has 5 heteroatoms. The van der Waals surface area contributed by atoms with Crippen molar-refractivity contribution >= 4 is 17.2 Å². The molecule has 0 saturated carbocycles. The van der Waals surface area contributed by atoms with Crippen molar-refractivity contribution in [3.8, 4) is 11.8 Å². The zero-order valence-electron chi connectivity index (χ0n) is 15.4. The van der Waals surface area contributed by atoms with Gasteiger partial charge in [-0.3, -0.25) is 4.79 Å². The predicted octanol–water partition coefficient (Wildman–Crippen LogP) is 4.39. The van der Waals surface area contributed by atoms with Gasteiger partial charge < -0.3 is 10.1 Å². The Morgan fingerprint density at radius 1 is 1.14 bits per heavy atom. The minimum Gasteiger partial charge on any atom is -0.482 e. The van der Waals surface area contributed by atoms with Gasteiger partial charge in [0.1, 0.15) is 11.8 Å². The highest BCUT2D eigenvalue weighted by Crippen LogP contribution is 2.30. The summed E-state index contributed by atoms with van der Waals surface area (Å²) < 4.78 is 5.59. The van der Waals surface area contributed by atoms with Crippen LogP contribution in [0.25, 0.3) is 0 Å². The maximum atomic E-state index is 12.6. The van der Waals surface area contributed by atoms with Crippen LogP contribution in [-0.2, 0) is 17.6 Å². The number of nitrogens with one attached hydrogen (secondary N) is 1. The van der Waals surface area contributed by atoms with Crippen LogP contribution in [0.3, 0.4) is 0 Å². The molecule has 4 nitrogen and oxygen atoms in total. The number of benzene rings is 2. The summed E-state index contributed by atoms with van der Waals surface area (Å²) in [6.45, 7) is -0.133. The van der Waals surface area contributed by atoms with Crippen molar-refractivity contribution in [1.29, 1.82) is 5.26 Å². The third kappa shape index (κ3) is 3.92. The predicted molar refractivity (Wildman–Crippen MR) is 109 cm³/mol. The van der Waals surface area contributed by atoms with E-state index in [1.807, 2.05) is 17.5 Å². The van der Waals surface area contributed by atoms with Gasteiger partial charge >= 0.3 is 0 Å². The summed E-state index contributed by atoms with van der Waals surface area (Å²) >= 11 is 1.62. The van der Waals surface area contributed by atoms with Crippen LogP contribution in [0.4, 0.5) is 0 Å². The number of fused-ring (bicyclic) bond motifs is 1. The molecular formula is C23H20N2O2S. The molecule has 0 fully saturated rings. The van der Waals surface area contributed by atoms with Gasteiger partial charge in [-0.05, 0) is 59.5 Å². The van der Waals surface area contributed by atoms with Crippen LogP contribution in [0.15, 0.2) is 60.0 Å². The Kier molecular flexibility index (Phi) is 5.41. The highest BCUT2D eigenvalue weighted by molar-refractivity contribution is 7.10. The maximum Gasteiger partial charge on any atom is 0.258 e. The van der Waals surface area contributed by atoms with Crippen LogP contribution in [0.5, 0.6) is 5.75 Å². The number of amides is 1. The van der Waals surface area contributed by atoms with E-state index >= 15 is 0 Å². The quantitative estimate of drug-likeness (QED) is 0.681. The lowest BCUT2D eigenvalue weighted by atomic mass is 10.00. The molecule has 1 atom stereocenters. The summed E-state index contributed by atoms with van der Waals surface area (Å²) in [6.07, 6.45) is 3.43. The monoisotopic (exact) mass is 388 g/mol. The number of carbonyl (C=O) groups excluding carboxylic acids is 1. The number of thiophene rings is 1. The van der Waals surface area contributed by atoms with Crippen molar-refractivity contribution in [1.82, 2.24) is 5.32 Å². The van der Waals surface area contributed by atoms with E-state index in [0.29, 0.717) is 11.3 Å². The average molecular weight is 388 g/mol. The van der Waals surface area contributed by atoms with Gasteiger partial charge in [0, 0.05) is 4.88 Å². The van der Waals surface area contributed by atoms with Crippen molar-refractivity contribution in [2.75, 3.05) is 6.61 Å². The van der Waals surface area contributed by atoms with Crippen molar-refractivity contribution < 1.29 is 9.53 Å². The summed E-state index contributed by atoms with van der Waals surface area (Å²) in [5.74, 6) is 0.206. The van der Waals surface area contributed by atoms with E-state index in [1.54, 1.807) is 35.6 Å². The fourth-order valence-electron chi connectivity index (χ4n) is 3.58. The van der Waals surface area contributed by atoms with Crippen LogP contribution >= 0.6 is 11.3 Å². The number of carbonyl (C=O) groups is 1. The maximum absolute atomic E-state index is 12.6. The average Bonchev–Trinajstić information content (AvgIpc) is 3.42. The van der Waals surface area contributed by atoms with Crippen molar-refractivity contribution in [2.24, 2.45) is 0 Å². The Bertz CT molecular complexity index is 1020. The number of hydrogen-bond donors (Lipinski definition) is 1. The molecule has 1 amide bonds. The first-order valence-corrected chi connectivity index (χ1v) is 10.2.